The van der Waals surface area contributed by atoms with Crippen molar-refractivity contribution in [2.75, 3.05) is 19.6 Å². The second-order valence-corrected chi connectivity index (χ2v) is 4.63. The van der Waals surface area contributed by atoms with Gasteiger partial charge in [-0.25, -0.2) is 5.01 Å². The molecule has 1 N–H and O–H groups in total. The van der Waals surface area contributed by atoms with Crippen molar-refractivity contribution in [3.8, 4) is 0 Å². The largest absolute Gasteiger partial charge is 0.481 e. The van der Waals surface area contributed by atoms with E-state index in [9.17, 15) is 9.59 Å². The molecule has 19 heavy (non-hydrogen) atoms. The van der Waals surface area contributed by atoms with Gasteiger partial charge in [-0.3, -0.25) is 14.6 Å². The summed E-state index contributed by atoms with van der Waals surface area (Å²) in [7, 11) is 0. The Morgan fingerprint density at radius 1 is 1.26 bits per heavy atom. The summed E-state index contributed by atoms with van der Waals surface area (Å²) in [5.41, 5.74) is 0. The summed E-state index contributed by atoms with van der Waals surface area (Å²) in [5.74, 6) is -0.542. The molecule has 5 nitrogen and oxygen atoms in total. The van der Waals surface area contributed by atoms with Crippen LogP contribution in [-0.2, 0) is 30.7 Å². The van der Waals surface area contributed by atoms with Crippen molar-refractivity contribution < 1.29 is 35.8 Å². The number of hydrazine groups is 1. The molecule has 0 unspecified atom stereocenters. The van der Waals surface area contributed by atoms with Crippen LogP contribution >= 0.6 is 0 Å². The van der Waals surface area contributed by atoms with Gasteiger partial charge in [-0.2, -0.15) is 0 Å². The predicted molar refractivity (Wildman–Crippen MR) is 68.6 cm³/mol. The molecule has 1 amide bonds. The number of rotatable bonds is 8. The van der Waals surface area contributed by atoms with E-state index in [4.69, 9.17) is 5.11 Å². The van der Waals surface area contributed by atoms with Gasteiger partial charge in [-0.15, -0.1) is 6.54 Å². The van der Waals surface area contributed by atoms with Crippen LogP contribution in [0.4, 0.5) is 0 Å². The van der Waals surface area contributed by atoms with Crippen LogP contribution in [0, 0.1) is 6.92 Å². The Labute approximate surface area is 129 Å². The van der Waals surface area contributed by atoms with E-state index < -0.39 is 5.97 Å². The molecule has 0 radical (unpaired) electrons. The molecule has 0 saturated carbocycles. The second kappa shape index (κ2) is 10.4. The van der Waals surface area contributed by atoms with Gasteiger partial charge >= 0.3 is 5.97 Å². The van der Waals surface area contributed by atoms with Crippen molar-refractivity contribution in [1.29, 1.82) is 0 Å². The Hall–Kier alpha value is -0.412. The molecule has 1 rings (SSSR count). The van der Waals surface area contributed by atoms with Gasteiger partial charge in [0, 0.05) is 47.0 Å². The van der Waals surface area contributed by atoms with Gasteiger partial charge in [0.2, 0.25) is 5.91 Å². The first-order valence-electron chi connectivity index (χ1n) is 6.71. The Kier molecular flexibility index (Phi) is 10.2. The molecular weight excluding hydrogens is 416 g/mol. The topological polar surface area (TPSA) is 60.9 Å². The summed E-state index contributed by atoms with van der Waals surface area (Å²) in [4.78, 5) is 22.1. The molecule has 6 heteroatoms. The van der Waals surface area contributed by atoms with Crippen molar-refractivity contribution in [1.82, 2.24) is 10.0 Å². The molecule has 0 aliphatic carbocycles. The average molecular weight is 439 g/mol. The Morgan fingerprint density at radius 2 is 1.95 bits per heavy atom. The first-order chi connectivity index (χ1) is 8.65. The normalized spacial score (nSPS) is 16.3. The van der Waals surface area contributed by atoms with E-state index >= 15 is 0 Å². The van der Waals surface area contributed by atoms with Crippen LogP contribution in [-0.4, -0.2) is 46.6 Å². The molecule has 110 valence electrons. The molecule has 1 fully saturated rings. The van der Waals surface area contributed by atoms with Crippen LogP contribution in [0.15, 0.2) is 0 Å². The maximum Gasteiger partial charge on any atom is 0.303 e. The third kappa shape index (κ3) is 7.07. The number of carbonyl (C=O) groups is 2. The summed E-state index contributed by atoms with van der Waals surface area (Å²) < 4.78 is 0. The minimum Gasteiger partial charge on any atom is -0.481 e. The zero-order chi connectivity index (χ0) is 13.4. The van der Waals surface area contributed by atoms with E-state index in [0.29, 0.717) is 13.0 Å². The van der Waals surface area contributed by atoms with Crippen LogP contribution in [0.1, 0.15) is 44.9 Å². The Morgan fingerprint density at radius 3 is 2.58 bits per heavy atom. The van der Waals surface area contributed by atoms with Gasteiger partial charge in [0.05, 0.1) is 0 Å². The number of amides is 1. The molecule has 0 aromatic heterocycles. The van der Waals surface area contributed by atoms with Gasteiger partial charge in [-0.1, -0.05) is 12.8 Å². The van der Waals surface area contributed by atoms with Crippen LogP contribution in [0.5, 0.6) is 0 Å². The zero-order valence-electron chi connectivity index (χ0n) is 11.3. The summed E-state index contributed by atoms with van der Waals surface area (Å²) in [6.07, 6.45) is 5.34. The number of carboxylic acid groups (broad SMARTS) is 1. The molecule has 0 aromatic carbocycles. The number of nitrogens with zero attached hydrogens (tertiary/aromatic N) is 2. The van der Waals surface area contributed by atoms with E-state index in [1.165, 1.54) is 0 Å². The first kappa shape index (κ1) is 18.6. The number of carboxylic acids is 1. The maximum atomic E-state index is 11.8. The van der Waals surface area contributed by atoms with Crippen molar-refractivity contribution in [2.45, 2.75) is 44.9 Å². The monoisotopic (exact) mass is 439 g/mol. The van der Waals surface area contributed by atoms with E-state index in [1.807, 2.05) is 10.0 Å². The fourth-order valence-corrected chi connectivity index (χ4v) is 2.21. The maximum absolute atomic E-state index is 11.8. The molecule has 0 spiro atoms. The smallest absolute Gasteiger partial charge is 0.303 e. The van der Waals surface area contributed by atoms with Gasteiger partial charge in [0.1, 0.15) is 0 Å². The van der Waals surface area contributed by atoms with Gasteiger partial charge in [-0.05, 0) is 19.3 Å². The number of hydrogen-bond donors (Lipinski definition) is 1. The zero-order valence-corrected chi connectivity index (χ0v) is 14.3. The van der Waals surface area contributed by atoms with Crippen LogP contribution in [0.3, 0.4) is 0 Å². The fraction of sp³-hybridized carbons (Fsp3) is 0.769. The molecule has 0 atom stereocenters. The third-order valence-electron chi connectivity index (χ3n) is 3.20. The predicted octanol–water partition coefficient (Wildman–Crippen LogP) is 1.69. The molecule has 1 heterocycles. The summed E-state index contributed by atoms with van der Waals surface area (Å²) in [5, 5.41) is 12.3. The van der Waals surface area contributed by atoms with E-state index in [-0.39, 0.29) is 33.4 Å². The van der Waals surface area contributed by atoms with E-state index in [2.05, 4.69) is 6.92 Å². The third-order valence-corrected chi connectivity index (χ3v) is 3.20. The summed E-state index contributed by atoms with van der Waals surface area (Å²) >= 11 is 0. The standard InChI is InChI=1S/C13H23N2O3.W/c1-2-14-10-7-8-12(16)15(14)11-6-4-3-5-9-13(17)18;/h1-11H2,(H,17,18);/q-1;. The van der Waals surface area contributed by atoms with Gasteiger partial charge < -0.3 is 12.0 Å². The van der Waals surface area contributed by atoms with E-state index in [1.54, 1.807) is 0 Å². The van der Waals surface area contributed by atoms with Crippen molar-refractivity contribution >= 4 is 11.9 Å². The van der Waals surface area contributed by atoms with Crippen LogP contribution in [0.2, 0.25) is 0 Å². The quantitative estimate of drug-likeness (QED) is 0.462. The number of hydrogen-bond acceptors (Lipinski definition) is 3. The Bertz CT molecular complexity index is 287. The van der Waals surface area contributed by atoms with Crippen molar-refractivity contribution in [3.05, 3.63) is 6.92 Å². The van der Waals surface area contributed by atoms with E-state index in [0.717, 1.165) is 45.2 Å². The van der Waals surface area contributed by atoms with Crippen LogP contribution in [0.25, 0.3) is 0 Å². The van der Waals surface area contributed by atoms with Gasteiger partial charge in [0.25, 0.3) is 0 Å². The average Bonchev–Trinajstić information content (AvgIpc) is 2.34. The molecular formula is C13H23N2O3W-. The fourth-order valence-electron chi connectivity index (χ4n) is 2.21. The number of carbonyl (C=O) groups excluding carboxylic acids is 1. The van der Waals surface area contributed by atoms with Gasteiger partial charge in [0.15, 0.2) is 0 Å². The molecule has 1 saturated heterocycles. The van der Waals surface area contributed by atoms with Crippen molar-refractivity contribution in [2.24, 2.45) is 0 Å². The minimum atomic E-state index is -0.732. The SMILES string of the molecule is [CH2-]CN1CCCC(=O)N1CCCCCCC(=O)O.[W]. The second-order valence-electron chi connectivity index (χ2n) is 4.63. The molecule has 0 aromatic rings. The first-order valence-corrected chi connectivity index (χ1v) is 6.71. The molecule has 1 aliphatic heterocycles. The van der Waals surface area contributed by atoms with Crippen LogP contribution < -0.4 is 0 Å². The molecule has 1 aliphatic rings. The minimum absolute atomic E-state index is 0. The summed E-state index contributed by atoms with van der Waals surface area (Å²) in [6.45, 7) is 6.12. The number of unbranched alkanes of at least 4 members (excludes halogenated alkanes) is 3. The number of aliphatic carboxylic acids is 1. The van der Waals surface area contributed by atoms with Crippen molar-refractivity contribution in [3.63, 3.8) is 0 Å². The summed E-state index contributed by atoms with van der Waals surface area (Å²) in [6, 6.07) is 0. The Balaban J connectivity index is 0.00000324. The molecule has 0 bridgehead atoms.